The van der Waals surface area contributed by atoms with Crippen LogP contribution in [0.3, 0.4) is 0 Å². The van der Waals surface area contributed by atoms with Gasteiger partial charge >= 0.3 is 6.03 Å². The maximum Gasteiger partial charge on any atom is 0.322 e. The molecular weight excluding hydrogens is 260 g/mol. The van der Waals surface area contributed by atoms with Gasteiger partial charge in [0, 0.05) is 19.6 Å². The van der Waals surface area contributed by atoms with E-state index >= 15 is 0 Å². The Balaban J connectivity index is 2.12. The molecule has 0 bridgehead atoms. The third-order valence-electron chi connectivity index (χ3n) is 3.18. The first-order chi connectivity index (χ1) is 9.63. The summed E-state index contributed by atoms with van der Waals surface area (Å²) in [6.07, 6.45) is 0. The fourth-order valence-corrected chi connectivity index (χ4v) is 2.14. The third kappa shape index (κ3) is 3.00. The van der Waals surface area contributed by atoms with Crippen LogP contribution in [-0.2, 0) is 4.79 Å². The number of nitrogens with one attached hydrogen (secondary N) is 2. The van der Waals surface area contributed by atoms with Crippen molar-refractivity contribution >= 4 is 17.6 Å². The summed E-state index contributed by atoms with van der Waals surface area (Å²) in [6, 6.07) is 6.09. The van der Waals surface area contributed by atoms with Crippen molar-refractivity contribution in [2.75, 3.05) is 32.1 Å². The largest absolute Gasteiger partial charge is 0.495 e. The van der Waals surface area contributed by atoms with Crippen LogP contribution in [0.1, 0.15) is 0 Å². The van der Waals surface area contributed by atoms with Crippen molar-refractivity contribution in [3.63, 3.8) is 0 Å². The van der Waals surface area contributed by atoms with E-state index in [2.05, 4.69) is 10.6 Å². The van der Waals surface area contributed by atoms with Gasteiger partial charge in [0.1, 0.15) is 11.8 Å². The predicted octanol–water partition coefficient (Wildman–Crippen LogP) is -0.0138. The van der Waals surface area contributed by atoms with Gasteiger partial charge in [0.05, 0.1) is 12.8 Å². The number of carbonyl (C=O) groups is 2. The minimum atomic E-state index is -0.640. The third-order valence-corrected chi connectivity index (χ3v) is 3.18. The van der Waals surface area contributed by atoms with Crippen LogP contribution in [0.5, 0.6) is 5.75 Å². The maximum atomic E-state index is 12.3. The zero-order valence-corrected chi connectivity index (χ0v) is 11.3. The molecule has 1 aromatic rings. The van der Waals surface area contributed by atoms with E-state index in [9.17, 15) is 9.59 Å². The fourth-order valence-electron chi connectivity index (χ4n) is 2.14. The number of nitrogens with two attached hydrogens (primary N) is 1. The van der Waals surface area contributed by atoms with E-state index in [0.717, 1.165) is 0 Å². The Morgan fingerprint density at radius 2 is 2.20 bits per heavy atom. The average molecular weight is 278 g/mol. The number of benzene rings is 1. The number of para-hydroxylation sites is 2. The van der Waals surface area contributed by atoms with E-state index < -0.39 is 11.9 Å². The molecule has 20 heavy (non-hydrogen) atoms. The van der Waals surface area contributed by atoms with Crippen LogP contribution in [0.2, 0.25) is 0 Å². The number of methoxy groups -OCH3 is 1. The molecule has 0 radical (unpaired) electrons. The van der Waals surface area contributed by atoms with Gasteiger partial charge in [-0.15, -0.1) is 0 Å². The normalized spacial score (nSPS) is 18.4. The van der Waals surface area contributed by atoms with Crippen LogP contribution < -0.4 is 21.1 Å². The second-order valence-corrected chi connectivity index (χ2v) is 4.45. The van der Waals surface area contributed by atoms with E-state index in [1.165, 1.54) is 12.0 Å². The summed E-state index contributed by atoms with van der Waals surface area (Å²) in [5, 5.41) is 5.78. The van der Waals surface area contributed by atoms with Gasteiger partial charge in [0.2, 0.25) is 5.91 Å². The van der Waals surface area contributed by atoms with Gasteiger partial charge < -0.3 is 26.0 Å². The summed E-state index contributed by atoms with van der Waals surface area (Å²) in [6.45, 7) is 1.42. The van der Waals surface area contributed by atoms with Gasteiger partial charge in [-0.1, -0.05) is 12.1 Å². The molecule has 1 aromatic carbocycles. The summed E-state index contributed by atoms with van der Waals surface area (Å²) in [4.78, 5) is 25.1. The number of amides is 3. The lowest BCUT2D eigenvalue weighted by Crippen LogP contribution is -2.59. The number of urea groups is 1. The highest BCUT2D eigenvalue weighted by Gasteiger charge is 2.30. The molecule has 3 amide bonds. The van der Waals surface area contributed by atoms with Crippen molar-refractivity contribution in [2.45, 2.75) is 6.04 Å². The van der Waals surface area contributed by atoms with Crippen LogP contribution in [-0.4, -0.2) is 49.6 Å². The minimum absolute atomic E-state index is 0.361. The Morgan fingerprint density at radius 3 is 2.90 bits per heavy atom. The van der Waals surface area contributed by atoms with Crippen molar-refractivity contribution in [1.29, 1.82) is 0 Å². The Hall–Kier alpha value is -2.28. The second kappa shape index (κ2) is 6.25. The van der Waals surface area contributed by atoms with E-state index in [1.54, 1.807) is 18.2 Å². The smallest absolute Gasteiger partial charge is 0.322 e. The molecule has 1 saturated heterocycles. The molecule has 7 heteroatoms. The number of anilines is 1. The van der Waals surface area contributed by atoms with Gasteiger partial charge in [-0.05, 0) is 12.1 Å². The Morgan fingerprint density at radius 1 is 1.45 bits per heavy atom. The van der Waals surface area contributed by atoms with Crippen molar-refractivity contribution in [3.05, 3.63) is 24.3 Å². The molecule has 0 spiro atoms. The minimum Gasteiger partial charge on any atom is -0.495 e. The zero-order chi connectivity index (χ0) is 14.5. The van der Waals surface area contributed by atoms with Crippen molar-refractivity contribution in [1.82, 2.24) is 10.2 Å². The highest BCUT2D eigenvalue weighted by atomic mass is 16.5. The van der Waals surface area contributed by atoms with Gasteiger partial charge in [-0.25, -0.2) is 4.79 Å². The number of carbonyl (C=O) groups excluding carboxylic acids is 2. The molecule has 1 aliphatic heterocycles. The topological polar surface area (TPSA) is 96.7 Å². The SMILES string of the molecule is COc1ccccc1NC(=O)N1CCNCC1C(N)=O. The lowest BCUT2D eigenvalue weighted by atomic mass is 10.2. The highest BCUT2D eigenvalue weighted by molar-refractivity contribution is 5.94. The standard InChI is InChI=1S/C13H18N4O3/c1-20-11-5-3-2-4-9(11)16-13(19)17-7-6-15-8-10(17)12(14)18/h2-5,10,15H,6-8H2,1H3,(H2,14,18)(H,16,19). The van der Waals surface area contributed by atoms with E-state index in [1.807, 2.05) is 6.07 Å². The number of hydrogen-bond acceptors (Lipinski definition) is 4. The van der Waals surface area contributed by atoms with Gasteiger partial charge in [0.25, 0.3) is 0 Å². The number of piperazine rings is 1. The Labute approximate surface area is 117 Å². The van der Waals surface area contributed by atoms with Crippen LogP contribution in [0.15, 0.2) is 24.3 Å². The molecule has 2 rings (SSSR count). The number of ether oxygens (including phenoxy) is 1. The average Bonchev–Trinajstić information content (AvgIpc) is 2.47. The number of primary amides is 1. The first-order valence-corrected chi connectivity index (χ1v) is 6.34. The monoisotopic (exact) mass is 278 g/mol. The quantitative estimate of drug-likeness (QED) is 0.724. The first-order valence-electron chi connectivity index (χ1n) is 6.34. The molecule has 7 nitrogen and oxygen atoms in total. The number of hydrogen-bond donors (Lipinski definition) is 3. The molecular formula is C13H18N4O3. The molecule has 108 valence electrons. The lowest BCUT2D eigenvalue weighted by molar-refractivity contribution is -0.122. The van der Waals surface area contributed by atoms with E-state index in [4.69, 9.17) is 10.5 Å². The molecule has 1 unspecified atom stereocenters. The maximum absolute atomic E-state index is 12.3. The predicted molar refractivity (Wildman–Crippen MR) is 74.6 cm³/mol. The van der Waals surface area contributed by atoms with Crippen LogP contribution in [0, 0.1) is 0 Å². The molecule has 1 heterocycles. The molecule has 1 atom stereocenters. The van der Waals surface area contributed by atoms with Gasteiger partial charge in [-0.2, -0.15) is 0 Å². The Kier molecular flexibility index (Phi) is 4.41. The van der Waals surface area contributed by atoms with Crippen LogP contribution in [0.4, 0.5) is 10.5 Å². The molecule has 4 N–H and O–H groups in total. The van der Waals surface area contributed by atoms with Crippen LogP contribution >= 0.6 is 0 Å². The summed E-state index contributed by atoms with van der Waals surface area (Å²) in [7, 11) is 1.53. The highest BCUT2D eigenvalue weighted by Crippen LogP contribution is 2.23. The lowest BCUT2D eigenvalue weighted by Gasteiger charge is -2.34. The molecule has 1 aliphatic rings. The number of rotatable bonds is 3. The summed E-state index contributed by atoms with van der Waals surface area (Å²) < 4.78 is 5.17. The fraction of sp³-hybridized carbons (Fsp3) is 0.385. The summed E-state index contributed by atoms with van der Waals surface area (Å²) in [5.74, 6) is 0.0407. The van der Waals surface area contributed by atoms with E-state index in [0.29, 0.717) is 31.1 Å². The summed E-state index contributed by atoms with van der Waals surface area (Å²) in [5.41, 5.74) is 5.88. The van der Waals surface area contributed by atoms with Crippen molar-refractivity contribution in [3.8, 4) is 5.75 Å². The van der Waals surface area contributed by atoms with Gasteiger partial charge in [-0.3, -0.25) is 4.79 Å². The van der Waals surface area contributed by atoms with Crippen LogP contribution in [0.25, 0.3) is 0 Å². The van der Waals surface area contributed by atoms with Gasteiger partial charge in [0.15, 0.2) is 0 Å². The number of nitrogens with zero attached hydrogens (tertiary/aromatic N) is 1. The molecule has 0 aliphatic carbocycles. The zero-order valence-electron chi connectivity index (χ0n) is 11.3. The molecule has 0 saturated carbocycles. The second-order valence-electron chi connectivity index (χ2n) is 4.45. The molecule has 1 fully saturated rings. The first kappa shape index (κ1) is 14.1. The van der Waals surface area contributed by atoms with Crippen molar-refractivity contribution in [2.24, 2.45) is 5.73 Å². The summed E-state index contributed by atoms with van der Waals surface area (Å²) >= 11 is 0. The van der Waals surface area contributed by atoms with E-state index in [-0.39, 0.29) is 6.03 Å². The van der Waals surface area contributed by atoms with Crippen molar-refractivity contribution < 1.29 is 14.3 Å². The Bertz CT molecular complexity index is 506. The molecule has 0 aromatic heterocycles.